The quantitative estimate of drug-likeness (QED) is 0.507. The third-order valence-corrected chi connectivity index (χ3v) is 4.32. The number of guanidine groups is 1. The average Bonchev–Trinajstić information content (AvgIpc) is 3.10. The first-order valence-electron chi connectivity index (χ1n) is 8.99. The zero-order chi connectivity index (χ0) is 19.9. The molecule has 0 saturated carbocycles. The predicted molar refractivity (Wildman–Crippen MR) is 108 cm³/mol. The number of rotatable bonds is 6. The second kappa shape index (κ2) is 9.03. The Hall–Kier alpha value is -3.35. The minimum Gasteiger partial charge on any atom is -0.457 e. The number of nitrogens with one attached hydrogen (secondary N) is 2. The summed E-state index contributed by atoms with van der Waals surface area (Å²) in [6.07, 6.45) is 1.77. The van der Waals surface area contributed by atoms with Crippen LogP contribution in [-0.4, -0.2) is 22.8 Å². The Labute approximate surface area is 164 Å². The topological polar surface area (TPSA) is 63.5 Å². The van der Waals surface area contributed by atoms with Crippen LogP contribution >= 0.6 is 0 Å². The zero-order valence-corrected chi connectivity index (χ0v) is 16.2. The Morgan fingerprint density at radius 3 is 2.50 bits per heavy atom. The highest BCUT2D eigenvalue weighted by Gasteiger charge is 2.05. The van der Waals surface area contributed by atoms with Gasteiger partial charge >= 0.3 is 0 Å². The molecule has 3 rings (SSSR count). The van der Waals surface area contributed by atoms with Crippen molar-refractivity contribution in [2.75, 3.05) is 7.05 Å². The molecule has 2 aromatic carbocycles. The summed E-state index contributed by atoms with van der Waals surface area (Å²) in [6.45, 7) is 3.25. The Bertz CT molecular complexity index is 950. The maximum absolute atomic E-state index is 13.0. The van der Waals surface area contributed by atoms with Gasteiger partial charge in [-0.15, -0.1) is 0 Å². The van der Waals surface area contributed by atoms with Gasteiger partial charge in [0, 0.05) is 26.8 Å². The highest BCUT2D eigenvalue weighted by atomic mass is 19.1. The van der Waals surface area contributed by atoms with Crippen molar-refractivity contribution in [3.05, 3.63) is 77.4 Å². The van der Waals surface area contributed by atoms with Crippen LogP contribution in [0.1, 0.15) is 16.8 Å². The van der Waals surface area contributed by atoms with Gasteiger partial charge in [-0.05, 0) is 54.4 Å². The summed E-state index contributed by atoms with van der Waals surface area (Å²) >= 11 is 0. The summed E-state index contributed by atoms with van der Waals surface area (Å²) in [5.74, 6) is 1.78. The lowest BCUT2D eigenvalue weighted by molar-refractivity contribution is 0.476. The molecule has 1 heterocycles. The van der Waals surface area contributed by atoms with Crippen molar-refractivity contribution in [1.82, 2.24) is 20.4 Å². The summed E-state index contributed by atoms with van der Waals surface area (Å²) in [7, 11) is 3.65. The lowest BCUT2D eigenvalue weighted by Crippen LogP contribution is -2.36. The zero-order valence-electron chi connectivity index (χ0n) is 16.2. The number of hydrogen-bond acceptors (Lipinski definition) is 3. The molecule has 0 aliphatic heterocycles. The van der Waals surface area contributed by atoms with Gasteiger partial charge in [-0.1, -0.05) is 12.1 Å². The number of benzene rings is 2. The third kappa shape index (κ3) is 5.09. The van der Waals surface area contributed by atoms with Gasteiger partial charge in [0.15, 0.2) is 5.96 Å². The molecular weight excluding hydrogens is 357 g/mol. The van der Waals surface area contributed by atoms with Crippen molar-refractivity contribution >= 4 is 5.96 Å². The van der Waals surface area contributed by atoms with E-state index in [0.29, 0.717) is 24.8 Å². The number of halogens is 1. The maximum Gasteiger partial charge on any atom is 0.191 e. The first-order chi connectivity index (χ1) is 13.5. The van der Waals surface area contributed by atoms with Crippen molar-refractivity contribution < 1.29 is 9.13 Å². The molecule has 7 heteroatoms. The molecule has 0 bridgehead atoms. The molecule has 6 nitrogen and oxygen atoms in total. The van der Waals surface area contributed by atoms with Gasteiger partial charge in [0.25, 0.3) is 0 Å². The number of aromatic nitrogens is 2. The van der Waals surface area contributed by atoms with Crippen LogP contribution in [-0.2, 0) is 20.1 Å². The number of ether oxygens (including phenoxy) is 1. The van der Waals surface area contributed by atoms with Crippen LogP contribution in [0, 0.1) is 12.7 Å². The second-order valence-corrected chi connectivity index (χ2v) is 6.38. The molecule has 146 valence electrons. The van der Waals surface area contributed by atoms with Crippen molar-refractivity contribution in [1.29, 1.82) is 0 Å². The first kappa shape index (κ1) is 19.4. The smallest absolute Gasteiger partial charge is 0.191 e. The van der Waals surface area contributed by atoms with E-state index in [0.717, 1.165) is 22.6 Å². The Morgan fingerprint density at radius 2 is 1.86 bits per heavy atom. The van der Waals surface area contributed by atoms with E-state index in [1.807, 2.05) is 36.9 Å². The second-order valence-electron chi connectivity index (χ2n) is 6.38. The summed E-state index contributed by atoms with van der Waals surface area (Å²) in [6, 6.07) is 13.9. The van der Waals surface area contributed by atoms with E-state index in [9.17, 15) is 4.39 Å². The highest BCUT2D eigenvalue weighted by Crippen LogP contribution is 2.25. The Balaban J connectivity index is 1.56. The van der Waals surface area contributed by atoms with Crippen molar-refractivity contribution in [3.8, 4) is 11.5 Å². The summed E-state index contributed by atoms with van der Waals surface area (Å²) < 4.78 is 20.7. The van der Waals surface area contributed by atoms with Gasteiger partial charge in [0.2, 0.25) is 0 Å². The van der Waals surface area contributed by atoms with Crippen LogP contribution < -0.4 is 15.4 Å². The largest absolute Gasteiger partial charge is 0.457 e. The maximum atomic E-state index is 13.0. The van der Waals surface area contributed by atoms with Crippen LogP contribution in [0.2, 0.25) is 0 Å². The fourth-order valence-electron chi connectivity index (χ4n) is 2.72. The molecule has 0 saturated heterocycles. The van der Waals surface area contributed by atoms with Crippen molar-refractivity contribution in [2.45, 2.75) is 20.0 Å². The Kier molecular flexibility index (Phi) is 6.26. The molecule has 0 amide bonds. The van der Waals surface area contributed by atoms with E-state index in [2.05, 4.69) is 26.8 Å². The van der Waals surface area contributed by atoms with Crippen LogP contribution in [0.15, 0.2) is 59.7 Å². The van der Waals surface area contributed by atoms with E-state index in [1.165, 1.54) is 12.1 Å². The third-order valence-electron chi connectivity index (χ3n) is 4.32. The normalized spacial score (nSPS) is 11.4. The summed E-state index contributed by atoms with van der Waals surface area (Å²) in [4.78, 5) is 4.24. The van der Waals surface area contributed by atoms with Crippen LogP contribution in [0.5, 0.6) is 11.5 Å². The van der Waals surface area contributed by atoms with Crippen LogP contribution in [0.25, 0.3) is 0 Å². The Morgan fingerprint density at radius 1 is 1.11 bits per heavy atom. The van der Waals surface area contributed by atoms with E-state index in [-0.39, 0.29) is 5.82 Å². The highest BCUT2D eigenvalue weighted by molar-refractivity contribution is 5.79. The monoisotopic (exact) mass is 381 g/mol. The fraction of sp³-hybridized carbons (Fsp3) is 0.238. The van der Waals surface area contributed by atoms with E-state index < -0.39 is 0 Å². The molecule has 0 radical (unpaired) electrons. The molecule has 0 aliphatic carbocycles. The molecule has 0 spiro atoms. The molecule has 2 N–H and O–H groups in total. The fourth-order valence-corrected chi connectivity index (χ4v) is 2.72. The number of aliphatic imine (C=N–C) groups is 1. The summed E-state index contributed by atoms with van der Waals surface area (Å²) in [5.41, 5.74) is 3.18. The van der Waals surface area contributed by atoms with Crippen LogP contribution in [0.3, 0.4) is 0 Å². The molecule has 0 aliphatic rings. The van der Waals surface area contributed by atoms with Gasteiger partial charge in [-0.2, -0.15) is 5.10 Å². The minimum atomic E-state index is -0.282. The minimum absolute atomic E-state index is 0.282. The number of aryl methyl sites for hydroxylation is 2. The number of hydrogen-bond donors (Lipinski definition) is 2. The first-order valence-corrected chi connectivity index (χ1v) is 8.99. The van der Waals surface area contributed by atoms with Gasteiger partial charge in [-0.25, -0.2) is 4.39 Å². The van der Waals surface area contributed by atoms with E-state index in [4.69, 9.17) is 4.74 Å². The molecule has 28 heavy (non-hydrogen) atoms. The summed E-state index contributed by atoms with van der Waals surface area (Å²) in [5, 5.41) is 10.7. The van der Waals surface area contributed by atoms with Gasteiger partial charge in [0.1, 0.15) is 17.3 Å². The van der Waals surface area contributed by atoms with Crippen molar-refractivity contribution in [3.63, 3.8) is 0 Å². The molecule has 0 fully saturated rings. The van der Waals surface area contributed by atoms with E-state index in [1.54, 1.807) is 25.4 Å². The number of nitrogens with zero attached hydrogens (tertiary/aromatic N) is 3. The van der Waals surface area contributed by atoms with Crippen LogP contribution in [0.4, 0.5) is 4.39 Å². The predicted octanol–water partition coefficient (Wildman–Crippen LogP) is 3.53. The average molecular weight is 381 g/mol. The van der Waals surface area contributed by atoms with E-state index >= 15 is 0 Å². The lowest BCUT2D eigenvalue weighted by atomic mass is 10.1. The van der Waals surface area contributed by atoms with Gasteiger partial charge in [0.05, 0.1) is 12.2 Å². The van der Waals surface area contributed by atoms with Gasteiger partial charge in [-0.3, -0.25) is 9.67 Å². The van der Waals surface area contributed by atoms with Crippen molar-refractivity contribution in [2.24, 2.45) is 12.0 Å². The molecule has 0 atom stereocenters. The molecule has 0 unspecified atom stereocenters. The molecule has 3 aromatic rings. The SMILES string of the molecule is CN=C(NCc1ccc(Oc2ccc(F)cc2)c(C)c1)NCc1ccnn1C. The molecule has 1 aromatic heterocycles. The lowest BCUT2D eigenvalue weighted by Gasteiger charge is -2.14. The standard InChI is InChI=1S/C21H24FN5O/c1-15-12-16(4-9-20(15)28-19-7-5-17(22)6-8-19)13-24-21(23-2)25-14-18-10-11-26-27(18)3/h4-12H,13-14H2,1-3H3,(H2,23,24,25). The molecular formula is C21H24FN5O. The van der Waals surface area contributed by atoms with Gasteiger partial charge < -0.3 is 15.4 Å².